The molecule has 0 saturated heterocycles. The van der Waals surface area contributed by atoms with E-state index in [2.05, 4.69) is 10.3 Å². The minimum absolute atomic E-state index is 0.264. The van der Waals surface area contributed by atoms with Gasteiger partial charge in [0.1, 0.15) is 12.4 Å². The number of rotatable bonds is 3. The van der Waals surface area contributed by atoms with E-state index in [1.807, 2.05) is 30.3 Å². The second-order valence-corrected chi connectivity index (χ2v) is 2.92. The van der Waals surface area contributed by atoms with Gasteiger partial charge in [0.15, 0.2) is 0 Å². The monoisotopic (exact) mass is 191 g/mol. The molecule has 2 rings (SSSR count). The fourth-order valence-corrected chi connectivity index (χ4v) is 1.24. The maximum absolute atomic E-state index is 12.0. The summed E-state index contributed by atoms with van der Waals surface area (Å²) in [6.45, 7) is -0.155. The summed E-state index contributed by atoms with van der Waals surface area (Å²) in [5.74, 6) is 0. The van der Waals surface area contributed by atoms with Gasteiger partial charge in [0, 0.05) is 5.56 Å². The molecule has 0 amide bonds. The Labute approximate surface area is 81.2 Å². The highest BCUT2D eigenvalue weighted by Gasteiger charge is 2.01. The Morgan fingerprint density at radius 3 is 2.71 bits per heavy atom. The minimum atomic E-state index is -0.419. The van der Waals surface area contributed by atoms with E-state index in [9.17, 15) is 4.39 Å². The third-order valence-electron chi connectivity index (χ3n) is 1.92. The van der Waals surface area contributed by atoms with E-state index in [1.165, 1.54) is 4.68 Å². The van der Waals surface area contributed by atoms with Gasteiger partial charge in [-0.15, -0.1) is 5.10 Å². The molecule has 0 spiro atoms. The van der Waals surface area contributed by atoms with Crippen molar-refractivity contribution in [1.29, 1.82) is 0 Å². The number of hydrogen-bond donors (Lipinski definition) is 0. The number of aryl methyl sites for hydroxylation is 1. The Kier molecular flexibility index (Phi) is 2.53. The predicted molar refractivity (Wildman–Crippen MR) is 51.4 cm³/mol. The molecule has 0 saturated carbocycles. The summed E-state index contributed by atoms with van der Waals surface area (Å²) < 4.78 is 13.5. The molecular formula is C10H10FN3. The molecule has 0 radical (unpaired) electrons. The quantitative estimate of drug-likeness (QED) is 0.742. The lowest BCUT2D eigenvalue weighted by molar-refractivity contribution is 0.422. The second kappa shape index (κ2) is 4.00. The number of benzene rings is 1. The number of aromatic nitrogens is 3. The summed E-state index contributed by atoms with van der Waals surface area (Å²) in [6, 6.07) is 9.70. The van der Waals surface area contributed by atoms with Crippen molar-refractivity contribution >= 4 is 0 Å². The van der Waals surface area contributed by atoms with Crippen LogP contribution in [-0.2, 0) is 6.54 Å². The summed E-state index contributed by atoms with van der Waals surface area (Å²) in [5.41, 5.74) is 1.77. The van der Waals surface area contributed by atoms with Crippen molar-refractivity contribution in [3.05, 3.63) is 36.5 Å². The summed E-state index contributed by atoms with van der Waals surface area (Å²) in [7, 11) is 0. The van der Waals surface area contributed by atoms with Crippen LogP contribution < -0.4 is 0 Å². The Morgan fingerprint density at radius 1 is 1.21 bits per heavy atom. The van der Waals surface area contributed by atoms with Gasteiger partial charge in [-0.1, -0.05) is 35.5 Å². The zero-order chi connectivity index (χ0) is 9.80. The van der Waals surface area contributed by atoms with Crippen LogP contribution in [0.15, 0.2) is 36.5 Å². The standard InChI is InChI=1S/C10H10FN3/c11-6-7-14-8-10(12-13-14)9-4-2-1-3-5-9/h1-5,8H,6-7H2. The Bertz CT molecular complexity index is 397. The van der Waals surface area contributed by atoms with Crippen LogP contribution in [-0.4, -0.2) is 21.7 Å². The molecule has 0 N–H and O–H groups in total. The predicted octanol–water partition coefficient (Wildman–Crippen LogP) is 1.91. The molecule has 0 bridgehead atoms. The zero-order valence-corrected chi connectivity index (χ0v) is 7.60. The summed E-state index contributed by atoms with van der Waals surface area (Å²) in [6.07, 6.45) is 1.74. The topological polar surface area (TPSA) is 30.7 Å². The van der Waals surface area contributed by atoms with Crippen LogP contribution in [0, 0.1) is 0 Å². The fourth-order valence-electron chi connectivity index (χ4n) is 1.24. The van der Waals surface area contributed by atoms with Gasteiger partial charge in [-0.3, -0.25) is 0 Å². The molecule has 0 atom stereocenters. The maximum atomic E-state index is 12.0. The first kappa shape index (κ1) is 8.87. The average Bonchev–Trinajstić information content (AvgIpc) is 2.68. The first-order valence-electron chi connectivity index (χ1n) is 4.41. The molecule has 3 nitrogen and oxygen atoms in total. The molecule has 1 aromatic carbocycles. The van der Waals surface area contributed by atoms with Gasteiger partial charge in [0.05, 0.1) is 12.7 Å². The van der Waals surface area contributed by atoms with E-state index < -0.39 is 6.67 Å². The van der Waals surface area contributed by atoms with Gasteiger partial charge in [0.25, 0.3) is 0 Å². The lowest BCUT2D eigenvalue weighted by Gasteiger charge is -1.93. The van der Waals surface area contributed by atoms with Crippen molar-refractivity contribution in [3.63, 3.8) is 0 Å². The summed E-state index contributed by atoms with van der Waals surface area (Å²) >= 11 is 0. The van der Waals surface area contributed by atoms with Crippen LogP contribution in [0.25, 0.3) is 11.3 Å². The van der Waals surface area contributed by atoms with E-state index >= 15 is 0 Å². The Balaban J connectivity index is 2.25. The Hall–Kier alpha value is -1.71. The molecule has 14 heavy (non-hydrogen) atoms. The Morgan fingerprint density at radius 2 is 2.00 bits per heavy atom. The molecule has 0 aliphatic rings. The van der Waals surface area contributed by atoms with Crippen molar-refractivity contribution in [1.82, 2.24) is 15.0 Å². The molecule has 1 aromatic heterocycles. The van der Waals surface area contributed by atoms with Gasteiger partial charge in [0.2, 0.25) is 0 Å². The largest absolute Gasteiger partial charge is 0.249 e. The number of nitrogens with zero attached hydrogens (tertiary/aromatic N) is 3. The molecular weight excluding hydrogens is 181 g/mol. The lowest BCUT2D eigenvalue weighted by Crippen LogP contribution is -1.99. The number of halogens is 1. The maximum Gasteiger partial charge on any atom is 0.113 e. The highest BCUT2D eigenvalue weighted by molar-refractivity contribution is 5.56. The van der Waals surface area contributed by atoms with E-state index in [4.69, 9.17) is 0 Å². The van der Waals surface area contributed by atoms with Gasteiger partial charge < -0.3 is 0 Å². The van der Waals surface area contributed by atoms with Crippen LogP contribution >= 0.6 is 0 Å². The molecule has 0 fully saturated rings. The van der Waals surface area contributed by atoms with Crippen LogP contribution in [0.2, 0.25) is 0 Å². The van der Waals surface area contributed by atoms with Gasteiger partial charge in [-0.25, -0.2) is 9.07 Å². The smallest absolute Gasteiger partial charge is 0.113 e. The van der Waals surface area contributed by atoms with Crippen molar-refractivity contribution in [2.75, 3.05) is 6.67 Å². The van der Waals surface area contributed by atoms with E-state index in [0.29, 0.717) is 0 Å². The lowest BCUT2D eigenvalue weighted by atomic mass is 10.2. The van der Waals surface area contributed by atoms with Crippen LogP contribution in [0.5, 0.6) is 0 Å². The third-order valence-corrected chi connectivity index (χ3v) is 1.92. The average molecular weight is 191 g/mol. The molecule has 4 heteroatoms. The second-order valence-electron chi connectivity index (χ2n) is 2.92. The molecule has 0 unspecified atom stereocenters. The van der Waals surface area contributed by atoms with Crippen molar-refractivity contribution in [2.45, 2.75) is 6.54 Å². The molecule has 72 valence electrons. The first-order valence-corrected chi connectivity index (χ1v) is 4.41. The van der Waals surface area contributed by atoms with Crippen LogP contribution in [0.1, 0.15) is 0 Å². The third kappa shape index (κ3) is 1.79. The van der Waals surface area contributed by atoms with Crippen molar-refractivity contribution in [2.24, 2.45) is 0 Å². The van der Waals surface area contributed by atoms with Crippen LogP contribution in [0.3, 0.4) is 0 Å². The van der Waals surface area contributed by atoms with Crippen molar-refractivity contribution < 1.29 is 4.39 Å². The fraction of sp³-hybridized carbons (Fsp3) is 0.200. The zero-order valence-electron chi connectivity index (χ0n) is 7.60. The van der Waals surface area contributed by atoms with Gasteiger partial charge in [-0.2, -0.15) is 0 Å². The minimum Gasteiger partial charge on any atom is -0.249 e. The number of hydrogen-bond acceptors (Lipinski definition) is 2. The van der Waals surface area contributed by atoms with Gasteiger partial charge >= 0.3 is 0 Å². The van der Waals surface area contributed by atoms with Gasteiger partial charge in [-0.05, 0) is 0 Å². The SMILES string of the molecule is FCCn1cc(-c2ccccc2)nn1. The van der Waals surface area contributed by atoms with E-state index in [1.54, 1.807) is 6.20 Å². The number of alkyl halides is 1. The molecule has 1 heterocycles. The van der Waals surface area contributed by atoms with Crippen molar-refractivity contribution in [3.8, 4) is 11.3 Å². The summed E-state index contributed by atoms with van der Waals surface area (Å²) in [4.78, 5) is 0. The molecule has 0 aliphatic carbocycles. The highest BCUT2D eigenvalue weighted by atomic mass is 19.1. The van der Waals surface area contributed by atoms with E-state index in [0.717, 1.165) is 11.3 Å². The molecule has 2 aromatic rings. The summed E-state index contributed by atoms with van der Waals surface area (Å²) in [5, 5.41) is 7.76. The normalized spacial score (nSPS) is 10.4. The van der Waals surface area contributed by atoms with E-state index in [-0.39, 0.29) is 6.54 Å². The molecule has 0 aliphatic heterocycles. The first-order chi connectivity index (χ1) is 6.90. The highest BCUT2D eigenvalue weighted by Crippen LogP contribution is 2.14. The van der Waals surface area contributed by atoms with Crippen LogP contribution in [0.4, 0.5) is 4.39 Å².